The van der Waals surface area contributed by atoms with Crippen molar-refractivity contribution in [3.05, 3.63) is 64.3 Å². The largest absolute Gasteiger partial charge is 0.382 e. The number of anilines is 3. The minimum Gasteiger partial charge on any atom is -0.382 e. The van der Waals surface area contributed by atoms with Crippen molar-refractivity contribution in [2.45, 2.75) is 0 Å². The minimum absolute atomic E-state index is 0.188. The Bertz CT molecular complexity index is 802. The summed E-state index contributed by atoms with van der Waals surface area (Å²) in [6, 6.07) is 10.6. The van der Waals surface area contributed by atoms with E-state index in [9.17, 15) is 4.79 Å². The molecule has 0 atom stereocenters. The summed E-state index contributed by atoms with van der Waals surface area (Å²) in [5.41, 5.74) is 7.15. The van der Waals surface area contributed by atoms with Gasteiger partial charge in [0.1, 0.15) is 10.7 Å². The van der Waals surface area contributed by atoms with Gasteiger partial charge in [-0.25, -0.2) is 4.98 Å². The van der Waals surface area contributed by atoms with Crippen molar-refractivity contribution in [1.82, 2.24) is 9.97 Å². The average molecular weight is 331 g/mol. The third-order valence-electron chi connectivity index (χ3n) is 2.88. The van der Waals surface area contributed by atoms with E-state index in [1.807, 2.05) is 12.1 Å². The van der Waals surface area contributed by atoms with Gasteiger partial charge in [0.2, 0.25) is 5.78 Å². The highest BCUT2D eigenvalue weighted by molar-refractivity contribution is 7.18. The molecule has 1 aromatic carbocycles. The van der Waals surface area contributed by atoms with E-state index in [-0.39, 0.29) is 11.6 Å². The summed E-state index contributed by atoms with van der Waals surface area (Å²) < 4.78 is 0. The number of benzene rings is 1. The molecule has 5 nitrogen and oxygen atoms in total. The molecule has 3 N–H and O–H groups in total. The van der Waals surface area contributed by atoms with Crippen LogP contribution in [0.25, 0.3) is 0 Å². The van der Waals surface area contributed by atoms with Crippen LogP contribution in [0.5, 0.6) is 0 Å². The molecule has 0 spiro atoms. The Labute approximate surface area is 135 Å². The molecule has 0 fully saturated rings. The molecule has 7 heteroatoms. The maximum atomic E-state index is 12.4. The van der Waals surface area contributed by atoms with E-state index in [2.05, 4.69) is 15.3 Å². The lowest BCUT2D eigenvalue weighted by Gasteiger charge is -2.01. The Morgan fingerprint density at radius 3 is 2.68 bits per heavy atom. The Morgan fingerprint density at radius 2 is 2.00 bits per heavy atom. The number of aromatic nitrogens is 2. The number of thiazole rings is 1. The van der Waals surface area contributed by atoms with E-state index in [4.69, 9.17) is 17.3 Å². The number of nitrogens with two attached hydrogens (primary N) is 1. The Kier molecular flexibility index (Phi) is 4.04. The lowest BCUT2D eigenvalue weighted by Crippen LogP contribution is -2.02. The number of nitrogens with zero attached hydrogens (tertiary/aromatic N) is 2. The molecule has 22 heavy (non-hydrogen) atoms. The van der Waals surface area contributed by atoms with Crippen LogP contribution in [0.15, 0.2) is 48.8 Å². The van der Waals surface area contributed by atoms with E-state index in [0.717, 1.165) is 5.69 Å². The van der Waals surface area contributed by atoms with Crippen molar-refractivity contribution in [1.29, 1.82) is 0 Å². The molecule has 110 valence electrons. The van der Waals surface area contributed by atoms with Gasteiger partial charge in [-0.05, 0) is 36.4 Å². The molecular weight excluding hydrogens is 320 g/mol. The SMILES string of the molecule is Nc1nc(Nc2ccc(Cl)cc2)sc1C(=O)c1cccnc1. The lowest BCUT2D eigenvalue weighted by atomic mass is 10.2. The van der Waals surface area contributed by atoms with Gasteiger partial charge >= 0.3 is 0 Å². The zero-order chi connectivity index (χ0) is 15.5. The van der Waals surface area contributed by atoms with E-state index in [1.165, 1.54) is 17.5 Å². The number of hydrogen-bond donors (Lipinski definition) is 2. The van der Waals surface area contributed by atoms with Crippen molar-refractivity contribution in [2.24, 2.45) is 0 Å². The minimum atomic E-state index is -0.188. The van der Waals surface area contributed by atoms with E-state index in [0.29, 0.717) is 20.6 Å². The van der Waals surface area contributed by atoms with Gasteiger partial charge in [-0.15, -0.1) is 0 Å². The summed E-state index contributed by atoms with van der Waals surface area (Å²) in [4.78, 5) is 20.9. The summed E-state index contributed by atoms with van der Waals surface area (Å²) in [7, 11) is 0. The average Bonchev–Trinajstić information content (AvgIpc) is 2.90. The number of nitrogen functional groups attached to an aromatic ring is 1. The van der Waals surface area contributed by atoms with Crippen LogP contribution in [0.3, 0.4) is 0 Å². The van der Waals surface area contributed by atoms with Gasteiger partial charge in [-0.3, -0.25) is 9.78 Å². The molecule has 0 aliphatic heterocycles. The number of pyridine rings is 1. The van der Waals surface area contributed by atoms with Crippen LogP contribution >= 0.6 is 22.9 Å². The first-order valence-corrected chi connectivity index (χ1v) is 7.56. The number of nitrogens with one attached hydrogen (secondary N) is 1. The van der Waals surface area contributed by atoms with Gasteiger partial charge in [0.15, 0.2) is 5.13 Å². The summed E-state index contributed by atoms with van der Waals surface area (Å²) in [6.07, 6.45) is 3.12. The number of hydrogen-bond acceptors (Lipinski definition) is 6. The highest BCUT2D eigenvalue weighted by atomic mass is 35.5. The molecule has 0 aliphatic rings. The Balaban J connectivity index is 1.85. The van der Waals surface area contributed by atoms with Crippen molar-refractivity contribution >= 4 is 45.4 Å². The molecule has 0 saturated carbocycles. The van der Waals surface area contributed by atoms with Crippen LogP contribution in [0.1, 0.15) is 15.2 Å². The van der Waals surface area contributed by atoms with Gasteiger partial charge in [-0.2, -0.15) is 0 Å². The Hall–Kier alpha value is -2.44. The molecule has 0 saturated heterocycles. The fourth-order valence-electron chi connectivity index (χ4n) is 1.83. The second-order valence-electron chi connectivity index (χ2n) is 4.44. The van der Waals surface area contributed by atoms with E-state index < -0.39 is 0 Å². The first-order chi connectivity index (χ1) is 10.6. The van der Waals surface area contributed by atoms with Crippen LogP contribution in [-0.2, 0) is 0 Å². The number of halogens is 1. The van der Waals surface area contributed by atoms with Gasteiger partial charge < -0.3 is 11.1 Å². The number of ketones is 1. The second-order valence-corrected chi connectivity index (χ2v) is 5.87. The second kappa shape index (κ2) is 6.13. The Morgan fingerprint density at radius 1 is 1.23 bits per heavy atom. The molecule has 2 heterocycles. The monoisotopic (exact) mass is 330 g/mol. The summed E-state index contributed by atoms with van der Waals surface area (Å²) in [6.45, 7) is 0. The maximum absolute atomic E-state index is 12.4. The van der Waals surface area contributed by atoms with E-state index in [1.54, 1.807) is 30.5 Å². The highest BCUT2D eigenvalue weighted by Crippen LogP contribution is 2.29. The van der Waals surface area contributed by atoms with Crippen molar-refractivity contribution in [3.63, 3.8) is 0 Å². The van der Waals surface area contributed by atoms with Gasteiger partial charge in [-0.1, -0.05) is 22.9 Å². The van der Waals surface area contributed by atoms with Crippen molar-refractivity contribution in [3.8, 4) is 0 Å². The molecule has 2 aromatic heterocycles. The first-order valence-electron chi connectivity index (χ1n) is 6.37. The molecule has 0 bridgehead atoms. The topological polar surface area (TPSA) is 80.9 Å². The first kappa shape index (κ1) is 14.5. The summed E-state index contributed by atoms with van der Waals surface area (Å²) in [5.74, 6) is 0.0163. The van der Waals surface area contributed by atoms with Gasteiger partial charge in [0.05, 0.1) is 0 Å². The van der Waals surface area contributed by atoms with E-state index >= 15 is 0 Å². The van der Waals surface area contributed by atoms with Crippen molar-refractivity contribution < 1.29 is 4.79 Å². The summed E-state index contributed by atoms with van der Waals surface area (Å²) in [5, 5.41) is 4.30. The molecule has 3 rings (SSSR count). The van der Waals surface area contributed by atoms with Crippen LogP contribution in [-0.4, -0.2) is 15.8 Å². The zero-order valence-electron chi connectivity index (χ0n) is 11.3. The molecular formula is C15H11ClN4OS. The molecule has 0 amide bonds. The fourth-order valence-corrected chi connectivity index (χ4v) is 2.83. The standard InChI is InChI=1S/C15H11ClN4OS/c16-10-3-5-11(6-4-10)19-15-20-14(17)13(22-15)12(21)9-2-1-7-18-8-9/h1-8H,17H2,(H,19,20). The quantitative estimate of drug-likeness (QED) is 0.712. The normalized spacial score (nSPS) is 10.4. The predicted molar refractivity (Wildman–Crippen MR) is 88.9 cm³/mol. The lowest BCUT2D eigenvalue weighted by molar-refractivity contribution is 0.104. The van der Waals surface area contributed by atoms with Crippen LogP contribution < -0.4 is 11.1 Å². The third kappa shape index (κ3) is 3.08. The number of carbonyl (C=O) groups excluding carboxylic acids is 1. The van der Waals surface area contributed by atoms with Crippen LogP contribution in [0.4, 0.5) is 16.6 Å². The maximum Gasteiger partial charge on any atom is 0.208 e. The van der Waals surface area contributed by atoms with Gasteiger partial charge in [0, 0.05) is 28.7 Å². The molecule has 0 unspecified atom stereocenters. The van der Waals surface area contributed by atoms with Crippen LogP contribution in [0, 0.1) is 0 Å². The zero-order valence-corrected chi connectivity index (χ0v) is 12.9. The summed E-state index contributed by atoms with van der Waals surface area (Å²) >= 11 is 7.05. The molecule has 0 radical (unpaired) electrons. The van der Waals surface area contributed by atoms with Gasteiger partial charge in [0.25, 0.3) is 0 Å². The van der Waals surface area contributed by atoms with Crippen molar-refractivity contribution in [2.75, 3.05) is 11.1 Å². The number of carbonyl (C=O) groups is 1. The third-order valence-corrected chi connectivity index (χ3v) is 4.12. The molecule has 0 aliphatic carbocycles. The van der Waals surface area contributed by atoms with Crippen LogP contribution in [0.2, 0.25) is 5.02 Å². The smallest absolute Gasteiger partial charge is 0.208 e. The number of rotatable bonds is 4. The molecule has 3 aromatic rings. The highest BCUT2D eigenvalue weighted by Gasteiger charge is 2.18. The predicted octanol–water partition coefficient (Wildman–Crippen LogP) is 3.75. The fraction of sp³-hybridized carbons (Fsp3) is 0.